The third kappa shape index (κ3) is 6.35. The number of benzene rings is 10. The molecular formula is C57H44N2OSi. The van der Waals surface area contributed by atoms with Crippen LogP contribution < -0.4 is 19.7 Å². The number of para-hydroxylation sites is 3. The summed E-state index contributed by atoms with van der Waals surface area (Å²) < 4.78 is 6.96. The van der Waals surface area contributed by atoms with Gasteiger partial charge in [-0.3, -0.25) is 0 Å². The predicted molar refractivity (Wildman–Crippen MR) is 262 cm³/mol. The summed E-state index contributed by atoms with van der Waals surface area (Å²) in [6.07, 6.45) is 0. The van der Waals surface area contributed by atoms with Crippen molar-refractivity contribution in [3.63, 3.8) is 0 Å². The lowest BCUT2D eigenvalue weighted by Gasteiger charge is -2.30. The minimum absolute atomic E-state index is 0.852. The highest BCUT2D eigenvalue weighted by atomic mass is 28.3. The topological polar surface area (TPSA) is 15.7 Å². The van der Waals surface area contributed by atoms with Crippen LogP contribution >= 0.6 is 0 Å². The summed E-state index contributed by atoms with van der Waals surface area (Å²) in [5, 5.41) is 8.55. The summed E-state index contributed by atoms with van der Waals surface area (Å²) in [6, 6.07) is 76.9. The van der Waals surface area contributed by atoms with Crippen LogP contribution in [-0.4, -0.2) is 8.07 Å². The maximum Gasteiger partial charge on any atom is 0.137 e. The first-order valence-corrected chi connectivity index (χ1v) is 24.6. The third-order valence-electron chi connectivity index (χ3n) is 12.2. The smallest absolute Gasteiger partial charge is 0.137 e. The lowest BCUT2D eigenvalue weighted by molar-refractivity contribution is 0.487. The van der Waals surface area contributed by atoms with Crippen molar-refractivity contribution in [2.24, 2.45) is 0 Å². The number of hydrogen-bond donors (Lipinski definition) is 0. The van der Waals surface area contributed by atoms with Crippen molar-refractivity contribution in [3.05, 3.63) is 212 Å². The lowest BCUT2D eigenvalue weighted by Crippen LogP contribution is -2.37. The van der Waals surface area contributed by atoms with Gasteiger partial charge < -0.3 is 14.5 Å². The Bertz CT molecular complexity index is 3250. The highest BCUT2D eigenvalue weighted by Crippen LogP contribution is 2.53. The molecule has 0 aliphatic carbocycles. The summed E-state index contributed by atoms with van der Waals surface area (Å²) >= 11 is 0. The molecule has 0 unspecified atom stereocenters. The third-order valence-corrected chi connectivity index (χ3v) is 14.2. The van der Waals surface area contributed by atoms with Gasteiger partial charge in [-0.25, -0.2) is 0 Å². The van der Waals surface area contributed by atoms with Gasteiger partial charge in [0.25, 0.3) is 0 Å². The Morgan fingerprint density at radius 2 is 0.918 bits per heavy atom. The highest BCUT2D eigenvalue weighted by Gasteiger charge is 2.27. The van der Waals surface area contributed by atoms with E-state index in [-0.39, 0.29) is 0 Å². The second-order valence-corrected chi connectivity index (χ2v) is 22.0. The Morgan fingerprint density at radius 1 is 0.344 bits per heavy atom. The fraction of sp³-hybridized carbons (Fsp3) is 0.0526. The number of anilines is 6. The summed E-state index contributed by atoms with van der Waals surface area (Å²) in [5.74, 6) is 1.72. The zero-order valence-corrected chi connectivity index (χ0v) is 35.5. The van der Waals surface area contributed by atoms with Crippen LogP contribution in [0.15, 0.2) is 212 Å². The van der Waals surface area contributed by atoms with Crippen LogP contribution in [0.25, 0.3) is 54.6 Å². The van der Waals surface area contributed by atoms with Crippen molar-refractivity contribution in [1.29, 1.82) is 0 Å². The van der Waals surface area contributed by atoms with Gasteiger partial charge >= 0.3 is 0 Å². The Labute approximate surface area is 358 Å². The molecule has 0 saturated heterocycles. The average Bonchev–Trinajstić information content (AvgIpc) is 3.30. The van der Waals surface area contributed by atoms with E-state index in [1.165, 1.54) is 48.8 Å². The molecule has 0 amide bonds. The molecule has 1 aliphatic rings. The second-order valence-electron chi connectivity index (χ2n) is 16.9. The fourth-order valence-electron chi connectivity index (χ4n) is 9.22. The molecule has 0 radical (unpaired) electrons. The van der Waals surface area contributed by atoms with Crippen LogP contribution in [0.3, 0.4) is 0 Å². The molecule has 0 atom stereocenters. The first-order valence-electron chi connectivity index (χ1n) is 21.1. The van der Waals surface area contributed by atoms with E-state index >= 15 is 0 Å². The summed E-state index contributed by atoms with van der Waals surface area (Å²) in [6.45, 7) is 7.19. The molecule has 10 aromatic carbocycles. The van der Waals surface area contributed by atoms with Crippen LogP contribution in [0.2, 0.25) is 19.6 Å². The molecule has 0 spiro atoms. The van der Waals surface area contributed by atoms with Gasteiger partial charge in [0, 0.05) is 50.7 Å². The fourth-order valence-corrected chi connectivity index (χ4v) is 10.4. The van der Waals surface area contributed by atoms with E-state index in [1.807, 2.05) is 0 Å². The van der Waals surface area contributed by atoms with Crippen molar-refractivity contribution < 1.29 is 4.74 Å². The highest BCUT2D eigenvalue weighted by molar-refractivity contribution is 6.88. The van der Waals surface area contributed by atoms with Crippen LogP contribution in [-0.2, 0) is 0 Å². The minimum atomic E-state index is -1.46. The largest absolute Gasteiger partial charge is 0.456 e. The normalized spacial score (nSPS) is 12.0. The van der Waals surface area contributed by atoms with E-state index in [2.05, 4.69) is 242 Å². The summed E-state index contributed by atoms with van der Waals surface area (Å²) in [4.78, 5) is 4.77. The maximum atomic E-state index is 6.96. The number of nitrogens with zero attached hydrogens (tertiary/aromatic N) is 2. The van der Waals surface area contributed by atoms with Gasteiger partial charge in [-0.15, -0.1) is 0 Å². The predicted octanol–water partition coefficient (Wildman–Crippen LogP) is 16.1. The quantitative estimate of drug-likeness (QED) is 0.112. The Balaban J connectivity index is 1.11. The van der Waals surface area contributed by atoms with E-state index in [9.17, 15) is 0 Å². The van der Waals surface area contributed by atoms with E-state index < -0.39 is 8.07 Å². The van der Waals surface area contributed by atoms with Gasteiger partial charge in [-0.2, -0.15) is 0 Å². The SMILES string of the molecule is C[Si](C)(C)c1ccc(N(c2ccccc2)c2ccc3c(c2)Oc2cccc4c2c-3cc2c3ccccc3c(N(c3ccccc3)c3ccccc3-c3ccccc3)cc42)cc1. The first kappa shape index (κ1) is 36.7. The Kier molecular flexibility index (Phi) is 8.83. The van der Waals surface area contributed by atoms with Gasteiger partial charge in [-0.05, 0) is 105 Å². The molecule has 11 rings (SSSR count). The van der Waals surface area contributed by atoms with Crippen LogP contribution in [0, 0.1) is 0 Å². The molecule has 3 nitrogen and oxygen atoms in total. The molecule has 0 aromatic heterocycles. The first-order chi connectivity index (χ1) is 29.9. The monoisotopic (exact) mass is 800 g/mol. The van der Waals surface area contributed by atoms with Gasteiger partial charge in [-0.1, -0.05) is 158 Å². The van der Waals surface area contributed by atoms with Crippen LogP contribution in [0.5, 0.6) is 11.5 Å². The van der Waals surface area contributed by atoms with Gasteiger partial charge in [0.1, 0.15) is 11.5 Å². The standard InChI is InChI=1S/C57H44N2OSi/c1-61(2,3)44-33-30-42(31-34-44)58(40-20-9-5-10-21-40)43-32-35-48-52-37-50-46-25-13-14-26-47(46)54(38-51(50)49-27-17-29-55(57(49)52)60-56(48)36-43)59(41-22-11-6-12-23-41)53-28-16-15-24-45(53)39-18-7-4-8-19-39/h4-38H,1-3H3. The van der Waals surface area contributed by atoms with Gasteiger partial charge in [0.05, 0.1) is 19.4 Å². The summed E-state index contributed by atoms with van der Waals surface area (Å²) in [7, 11) is -1.46. The van der Waals surface area contributed by atoms with Crippen molar-refractivity contribution in [2.45, 2.75) is 19.6 Å². The number of ether oxygens (including phenoxy) is 1. The number of fused-ring (bicyclic) bond motifs is 6. The zero-order chi connectivity index (χ0) is 41.1. The molecule has 0 bridgehead atoms. The Hall–Kier alpha value is -7.40. The molecule has 0 saturated carbocycles. The van der Waals surface area contributed by atoms with Crippen molar-refractivity contribution in [1.82, 2.24) is 0 Å². The number of hydrogen-bond acceptors (Lipinski definition) is 3. The van der Waals surface area contributed by atoms with E-state index in [0.29, 0.717) is 0 Å². The maximum absolute atomic E-state index is 6.96. The second kappa shape index (κ2) is 14.7. The molecule has 4 heteroatoms. The van der Waals surface area contributed by atoms with Crippen molar-refractivity contribution in [3.8, 4) is 33.8 Å². The molecule has 61 heavy (non-hydrogen) atoms. The molecule has 292 valence electrons. The van der Waals surface area contributed by atoms with Gasteiger partial charge in [0.2, 0.25) is 0 Å². The summed E-state index contributed by atoms with van der Waals surface area (Å²) in [5.41, 5.74) is 11.2. The van der Waals surface area contributed by atoms with Crippen LogP contribution in [0.1, 0.15) is 0 Å². The number of rotatable bonds is 8. The average molecular weight is 801 g/mol. The van der Waals surface area contributed by atoms with E-state index in [4.69, 9.17) is 4.74 Å². The molecule has 1 heterocycles. The van der Waals surface area contributed by atoms with E-state index in [0.717, 1.165) is 56.6 Å². The molecule has 10 aromatic rings. The zero-order valence-electron chi connectivity index (χ0n) is 34.5. The van der Waals surface area contributed by atoms with Gasteiger partial charge in [0.15, 0.2) is 0 Å². The van der Waals surface area contributed by atoms with E-state index in [1.54, 1.807) is 0 Å². The van der Waals surface area contributed by atoms with Crippen molar-refractivity contribution in [2.75, 3.05) is 9.80 Å². The molecular weight excluding hydrogens is 757 g/mol. The van der Waals surface area contributed by atoms with Crippen LogP contribution in [0.4, 0.5) is 34.1 Å². The lowest BCUT2D eigenvalue weighted by atomic mass is 9.88. The minimum Gasteiger partial charge on any atom is -0.456 e. The molecule has 1 aliphatic heterocycles. The molecule has 0 N–H and O–H groups in total. The molecule has 0 fully saturated rings. The van der Waals surface area contributed by atoms with Crippen molar-refractivity contribution >= 4 is 79.7 Å². The Morgan fingerprint density at radius 3 is 1.64 bits per heavy atom.